The highest BCUT2D eigenvalue weighted by Crippen LogP contribution is 2.00. The summed E-state index contributed by atoms with van der Waals surface area (Å²) in [5, 5.41) is 0. The van der Waals surface area contributed by atoms with Gasteiger partial charge in [0.15, 0.2) is 6.54 Å². The number of esters is 1. The molecule has 0 atom stereocenters. The zero-order chi connectivity index (χ0) is 11.3. The van der Waals surface area contributed by atoms with Gasteiger partial charge in [-0.3, -0.25) is 10.7 Å². The quantitative estimate of drug-likeness (QED) is 0.338. The number of amidine groups is 1. The van der Waals surface area contributed by atoms with Gasteiger partial charge in [-0.15, -0.1) is 0 Å². The molecule has 1 aromatic rings. The van der Waals surface area contributed by atoms with Gasteiger partial charge in [-0.25, -0.2) is 4.79 Å². The second kappa shape index (κ2) is 7.00. The first-order valence-electron chi connectivity index (χ1n) is 4.63. The van der Waals surface area contributed by atoms with E-state index < -0.39 is 0 Å². The number of nitrogens with one attached hydrogen (secondary N) is 1. The molecule has 1 rings (SSSR count). The third kappa shape index (κ3) is 4.44. The summed E-state index contributed by atoms with van der Waals surface area (Å²) in [5.74, 6) is 0.134. The van der Waals surface area contributed by atoms with Crippen LogP contribution in [-0.2, 0) is 9.53 Å². The van der Waals surface area contributed by atoms with E-state index in [-0.39, 0.29) is 29.5 Å². The van der Waals surface area contributed by atoms with E-state index in [0.29, 0.717) is 5.84 Å². The number of halogens is 1. The first-order valence-corrected chi connectivity index (χ1v) is 4.63. The first-order chi connectivity index (χ1) is 7.13. The van der Waals surface area contributed by atoms with Gasteiger partial charge in [0.1, 0.15) is 0 Å². The Morgan fingerprint density at radius 1 is 1.50 bits per heavy atom. The summed E-state index contributed by atoms with van der Waals surface area (Å²) in [5.41, 5.74) is 7.76. The van der Waals surface area contributed by atoms with Crippen molar-refractivity contribution in [2.24, 2.45) is 5.73 Å². The summed E-state index contributed by atoms with van der Waals surface area (Å²) in [6, 6.07) is 7.72. The van der Waals surface area contributed by atoms with Gasteiger partial charge in [-0.1, -0.05) is 17.7 Å². The van der Waals surface area contributed by atoms with Crippen LogP contribution in [0.25, 0.3) is 0 Å². The molecule has 5 heteroatoms. The van der Waals surface area contributed by atoms with Gasteiger partial charge in [0.05, 0.1) is 12.7 Å². The molecule has 0 aliphatic carbocycles. The van der Waals surface area contributed by atoms with Crippen molar-refractivity contribution < 1.29 is 31.5 Å². The molecule has 88 valence electrons. The van der Waals surface area contributed by atoms with Crippen molar-refractivity contribution in [2.75, 3.05) is 13.7 Å². The van der Waals surface area contributed by atoms with Gasteiger partial charge in [0.2, 0.25) is 0 Å². The van der Waals surface area contributed by atoms with Crippen LogP contribution in [0.15, 0.2) is 24.3 Å². The number of nitrogens with two attached hydrogens (primary N) is 1. The molecule has 0 amide bonds. The van der Waals surface area contributed by atoms with Gasteiger partial charge in [-0.05, 0) is 19.1 Å². The van der Waals surface area contributed by atoms with Crippen molar-refractivity contribution in [3.63, 3.8) is 0 Å². The van der Waals surface area contributed by atoms with Gasteiger partial charge in [0, 0.05) is 0 Å². The number of benzene rings is 1. The molecule has 16 heavy (non-hydrogen) atoms. The minimum absolute atomic E-state index is 0. The van der Waals surface area contributed by atoms with E-state index in [1.807, 2.05) is 31.2 Å². The lowest BCUT2D eigenvalue weighted by atomic mass is 10.1. The lowest BCUT2D eigenvalue weighted by molar-refractivity contribution is -0.447. The van der Waals surface area contributed by atoms with E-state index in [1.165, 1.54) is 7.11 Å². The second-order valence-corrected chi connectivity index (χ2v) is 3.21. The van der Waals surface area contributed by atoms with Gasteiger partial charge < -0.3 is 21.7 Å². The highest BCUT2D eigenvalue weighted by atomic mass is 79.9. The molecule has 0 aromatic heterocycles. The molecular weight excluding hydrogens is 272 g/mol. The fourth-order valence-electron chi connectivity index (χ4n) is 1.15. The molecule has 0 radical (unpaired) electrons. The zero-order valence-corrected chi connectivity index (χ0v) is 10.9. The Labute approximate surface area is 105 Å². The van der Waals surface area contributed by atoms with Crippen molar-refractivity contribution in [3.05, 3.63) is 35.4 Å². The maximum Gasteiger partial charge on any atom is 0.347 e. The molecule has 0 unspecified atom stereocenters. The molecule has 0 bridgehead atoms. The van der Waals surface area contributed by atoms with Crippen molar-refractivity contribution in [1.29, 1.82) is 0 Å². The number of methoxy groups -OCH3 is 1. The molecule has 0 spiro atoms. The summed E-state index contributed by atoms with van der Waals surface area (Å²) in [4.78, 5) is 13.7. The van der Waals surface area contributed by atoms with Crippen LogP contribution in [0.3, 0.4) is 0 Å². The Balaban J connectivity index is 0.00000225. The number of rotatable bonds is 3. The third-order valence-electron chi connectivity index (χ3n) is 1.98. The maximum atomic E-state index is 10.9. The van der Waals surface area contributed by atoms with Gasteiger partial charge in [0.25, 0.3) is 5.84 Å². The van der Waals surface area contributed by atoms with Crippen molar-refractivity contribution >= 4 is 11.8 Å². The van der Waals surface area contributed by atoms with Crippen LogP contribution in [0.5, 0.6) is 0 Å². The number of aryl methyl sites for hydroxylation is 1. The third-order valence-corrected chi connectivity index (χ3v) is 1.98. The smallest absolute Gasteiger partial charge is 0.347 e. The summed E-state index contributed by atoms with van der Waals surface area (Å²) in [6.07, 6.45) is 0. The van der Waals surface area contributed by atoms with Crippen LogP contribution in [0.2, 0.25) is 0 Å². The van der Waals surface area contributed by atoms with Crippen molar-refractivity contribution in [1.82, 2.24) is 0 Å². The van der Waals surface area contributed by atoms with Crippen LogP contribution in [0.1, 0.15) is 11.1 Å². The van der Waals surface area contributed by atoms with Crippen molar-refractivity contribution in [2.45, 2.75) is 6.92 Å². The average Bonchev–Trinajstić information content (AvgIpc) is 2.25. The predicted molar refractivity (Wildman–Crippen MR) is 57.3 cm³/mol. The first kappa shape index (κ1) is 14.6. The number of hydrogen-bond acceptors (Lipinski definition) is 2. The average molecular weight is 287 g/mol. The second-order valence-electron chi connectivity index (χ2n) is 3.21. The van der Waals surface area contributed by atoms with E-state index >= 15 is 0 Å². The topological polar surface area (TPSA) is 66.3 Å². The molecule has 0 aliphatic heterocycles. The van der Waals surface area contributed by atoms with Gasteiger partial charge >= 0.3 is 5.97 Å². The van der Waals surface area contributed by atoms with Crippen molar-refractivity contribution in [3.8, 4) is 0 Å². The number of nitrogen functional groups attached to an aromatic ring is 1. The Kier molecular flexibility index (Phi) is 6.41. The summed E-state index contributed by atoms with van der Waals surface area (Å²) >= 11 is 0. The Morgan fingerprint density at radius 3 is 2.75 bits per heavy atom. The lowest BCUT2D eigenvalue weighted by Gasteiger charge is -1.97. The predicted octanol–water partition coefficient (Wildman–Crippen LogP) is -4.04. The highest BCUT2D eigenvalue weighted by Gasteiger charge is 2.05. The minimum atomic E-state index is -0.342. The molecule has 0 saturated carbocycles. The van der Waals surface area contributed by atoms with E-state index in [1.54, 1.807) is 0 Å². The minimum Gasteiger partial charge on any atom is -1.00 e. The Morgan fingerprint density at radius 2 is 2.19 bits per heavy atom. The van der Waals surface area contributed by atoms with Crippen LogP contribution in [0, 0.1) is 6.92 Å². The van der Waals surface area contributed by atoms with Crippen LogP contribution in [0.4, 0.5) is 0 Å². The van der Waals surface area contributed by atoms with Crippen LogP contribution in [-0.4, -0.2) is 25.5 Å². The maximum absolute atomic E-state index is 10.9. The monoisotopic (exact) mass is 286 g/mol. The van der Waals surface area contributed by atoms with E-state index in [2.05, 4.69) is 9.73 Å². The van der Waals surface area contributed by atoms with E-state index in [9.17, 15) is 4.79 Å². The fourth-order valence-corrected chi connectivity index (χ4v) is 1.15. The summed E-state index contributed by atoms with van der Waals surface area (Å²) in [7, 11) is 1.34. The number of hydrogen-bond donors (Lipinski definition) is 2. The highest BCUT2D eigenvalue weighted by molar-refractivity contribution is 5.93. The molecule has 0 heterocycles. The zero-order valence-electron chi connectivity index (χ0n) is 9.29. The largest absolute Gasteiger partial charge is 1.00 e. The summed E-state index contributed by atoms with van der Waals surface area (Å²) < 4.78 is 4.49. The molecular formula is C11H15BrN2O2. The summed E-state index contributed by atoms with van der Waals surface area (Å²) in [6.45, 7) is 2.06. The van der Waals surface area contributed by atoms with E-state index in [4.69, 9.17) is 5.73 Å². The SMILES string of the molecule is COC(=O)C[NH+]=C(N)c1cccc(C)c1.[Br-]. The Bertz CT molecular complexity index is 391. The van der Waals surface area contributed by atoms with E-state index in [0.717, 1.165) is 11.1 Å². The molecule has 3 N–H and O–H groups in total. The van der Waals surface area contributed by atoms with Gasteiger partial charge in [-0.2, -0.15) is 0 Å². The van der Waals surface area contributed by atoms with Crippen LogP contribution >= 0.6 is 0 Å². The molecule has 0 aliphatic rings. The molecule has 1 aromatic carbocycles. The number of ether oxygens (including phenoxy) is 1. The fraction of sp³-hybridized carbons (Fsp3) is 0.273. The molecule has 4 nitrogen and oxygen atoms in total. The standard InChI is InChI=1S/C11H14N2O2.BrH/c1-8-4-3-5-9(6-8)11(12)13-7-10(14)15-2;/h3-6H,7H2,1-2H3,(H2,12,13);1H. The lowest BCUT2D eigenvalue weighted by Crippen LogP contribution is -3.00. The molecule has 0 fully saturated rings. The van der Waals surface area contributed by atoms with Crippen LogP contribution < -0.4 is 27.7 Å². The number of carbonyl (C=O) groups excluding carboxylic acids is 1. The Hall–Kier alpha value is -1.36. The number of carbonyl (C=O) groups is 1. The molecule has 0 saturated heterocycles. The normalized spacial score (nSPS) is 10.5.